The van der Waals surface area contributed by atoms with E-state index in [1.165, 1.54) is 13.2 Å². The SMILES string of the molecule is COC(=O)c1cc2c3c(c1)C(N)C(c1cc4ccc(F)c(Cl)c4n1CC1CC1)C3(N)CCO2. The number of aromatic nitrogens is 1. The molecule has 1 aliphatic heterocycles. The van der Waals surface area contributed by atoms with E-state index in [1.807, 2.05) is 6.07 Å². The maximum Gasteiger partial charge on any atom is 0.337 e. The first kappa shape index (κ1) is 21.0. The monoisotopic (exact) mass is 469 g/mol. The number of carbonyl (C=O) groups is 1. The van der Waals surface area contributed by atoms with Crippen molar-refractivity contribution in [1.82, 2.24) is 4.57 Å². The smallest absolute Gasteiger partial charge is 0.337 e. The van der Waals surface area contributed by atoms with Crippen LogP contribution in [0.25, 0.3) is 10.9 Å². The van der Waals surface area contributed by atoms with Crippen LogP contribution in [0.4, 0.5) is 4.39 Å². The minimum absolute atomic E-state index is 0.121. The molecule has 0 bridgehead atoms. The van der Waals surface area contributed by atoms with Gasteiger partial charge in [0.2, 0.25) is 0 Å². The standard InChI is InChI=1S/C25H25ClFN3O3/c1-32-24(31)14-8-15-19-18(10-14)33-7-6-25(19,29)20(22(15)28)17-9-13-4-5-16(27)21(26)23(13)30(17)11-12-2-3-12/h4-5,8-10,12,20,22H,2-3,6-7,11,28-29H2,1H3. The highest BCUT2D eigenvalue weighted by Crippen LogP contribution is 2.58. The van der Waals surface area contributed by atoms with Crippen LogP contribution in [0.3, 0.4) is 0 Å². The van der Waals surface area contributed by atoms with Crippen LogP contribution in [-0.2, 0) is 16.8 Å². The summed E-state index contributed by atoms with van der Waals surface area (Å²) in [6, 6.07) is 8.18. The zero-order valence-corrected chi connectivity index (χ0v) is 19.0. The number of methoxy groups -OCH3 is 1. The van der Waals surface area contributed by atoms with E-state index in [-0.39, 0.29) is 10.9 Å². The number of rotatable bonds is 4. The molecule has 0 amide bonds. The van der Waals surface area contributed by atoms with Gasteiger partial charge in [0.1, 0.15) is 16.6 Å². The normalized spacial score (nSPS) is 25.7. The first-order valence-corrected chi connectivity index (χ1v) is 11.6. The summed E-state index contributed by atoms with van der Waals surface area (Å²) in [4.78, 5) is 12.3. The van der Waals surface area contributed by atoms with E-state index < -0.39 is 23.4 Å². The molecule has 0 saturated heterocycles. The lowest BCUT2D eigenvalue weighted by Crippen LogP contribution is -2.45. The van der Waals surface area contributed by atoms with Crippen molar-refractivity contribution in [2.24, 2.45) is 17.4 Å². The zero-order chi connectivity index (χ0) is 23.1. The number of fused-ring (bicyclic) bond motifs is 1. The molecule has 3 aliphatic rings. The van der Waals surface area contributed by atoms with Gasteiger partial charge >= 0.3 is 5.97 Å². The van der Waals surface area contributed by atoms with E-state index in [4.69, 9.17) is 32.5 Å². The van der Waals surface area contributed by atoms with Crippen molar-refractivity contribution in [1.29, 1.82) is 0 Å². The first-order chi connectivity index (χ1) is 15.8. The average molecular weight is 470 g/mol. The highest BCUT2D eigenvalue weighted by molar-refractivity contribution is 6.35. The van der Waals surface area contributed by atoms with Gasteiger partial charge in [0.25, 0.3) is 0 Å². The Hall–Kier alpha value is -2.61. The lowest BCUT2D eigenvalue weighted by molar-refractivity contribution is 0.0599. The molecule has 3 unspecified atom stereocenters. The van der Waals surface area contributed by atoms with Gasteiger partial charge in [-0.25, -0.2) is 9.18 Å². The van der Waals surface area contributed by atoms with Crippen molar-refractivity contribution in [3.63, 3.8) is 0 Å². The van der Waals surface area contributed by atoms with E-state index >= 15 is 0 Å². The Bertz CT molecular complexity index is 1320. The molecule has 1 aromatic heterocycles. The van der Waals surface area contributed by atoms with Crippen LogP contribution in [0, 0.1) is 11.7 Å². The Balaban J connectivity index is 1.58. The largest absolute Gasteiger partial charge is 0.493 e. The molecule has 1 fully saturated rings. The van der Waals surface area contributed by atoms with Gasteiger partial charge < -0.3 is 25.5 Å². The molecule has 3 aromatic rings. The zero-order valence-electron chi connectivity index (χ0n) is 18.2. The second kappa shape index (κ2) is 7.19. The lowest BCUT2D eigenvalue weighted by atomic mass is 9.77. The van der Waals surface area contributed by atoms with Crippen molar-refractivity contribution in [2.75, 3.05) is 13.7 Å². The Morgan fingerprint density at radius 3 is 2.85 bits per heavy atom. The van der Waals surface area contributed by atoms with Gasteiger partial charge in [0, 0.05) is 41.6 Å². The maximum absolute atomic E-state index is 14.4. The molecule has 4 N–H and O–H groups in total. The summed E-state index contributed by atoms with van der Waals surface area (Å²) in [5.74, 6) is -0.0690. The number of hydrogen-bond donors (Lipinski definition) is 2. The van der Waals surface area contributed by atoms with Crippen LogP contribution in [0.5, 0.6) is 5.75 Å². The highest BCUT2D eigenvalue weighted by atomic mass is 35.5. The first-order valence-electron chi connectivity index (χ1n) is 11.2. The predicted octanol–water partition coefficient (Wildman–Crippen LogP) is 4.36. The van der Waals surface area contributed by atoms with E-state index in [1.54, 1.807) is 18.2 Å². The van der Waals surface area contributed by atoms with E-state index in [0.29, 0.717) is 35.8 Å². The van der Waals surface area contributed by atoms with Crippen LogP contribution in [-0.4, -0.2) is 24.3 Å². The molecule has 0 radical (unpaired) electrons. The predicted molar refractivity (Wildman–Crippen MR) is 123 cm³/mol. The van der Waals surface area contributed by atoms with Gasteiger partial charge in [-0.1, -0.05) is 11.6 Å². The van der Waals surface area contributed by atoms with Crippen molar-refractivity contribution < 1.29 is 18.7 Å². The van der Waals surface area contributed by atoms with Crippen LogP contribution >= 0.6 is 11.6 Å². The second-order valence-electron chi connectivity index (χ2n) is 9.49. The number of esters is 1. The third-order valence-corrected chi connectivity index (χ3v) is 7.87. The number of hydrogen-bond acceptors (Lipinski definition) is 5. The van der Waals surface area contributed by atoms with E-state index in [0.717, 1.165) is 41.6 Å². The molecular formula is C25H25ClFN3O3. The third kappa shape index (κ3) is 2.95. The molecule has 1 saturated carbocycles. The van der Waals surface area contributed by atoms with Crippen molar-refractivity contribution >= 4 is 28.5 Å². The summed E-state index contributed by atoms with van der Waals surface area (Å²) in [5, 5.41) is 0.988. The summed E-state index contributed by atoms with van der Waals surface area (Å²) in [5.41, 5.74) is 16.9. The third-order valence-electron chi connectivity index (χ3n) is 7.51. The molecule has 172 valence electrons. The Morgan fingerprint density at radius 2 is 2.12 bits per heavy atom. The second-order valence-corrected chi connectivity index (χ2v) is 9.87. The highest BCUT2D eigenvalue weighted by Gasteiger charge is 2.54. The minimum Gasteiger partial charge on any atom is -0.493 e. The number of nitrogens with zero attached hydrogens (tertiary/aromatic N) is 1. The number of halogens is 2. The summed E-state index contributed by atoms with van der Waals surface area (Å²) >= 11 is 6.46. The van der Waals surface area contributed by atoms with Crippen molar-refractivity contribution in [3.8, 4) is 5.75 Å². The molecule has 0 spiro atoms. The Morgan fingerprint density at radius 1 is 1.33 bits per heavy atom. The van der Waals surface area contributed by atoms with Gasteiger partial charge in [-0.15, -0.1) is 0 Å². The number of ether oxygens (including phenoxy) is 2. The minimum atomic E-state index is -0.780. The Kier molecular flexibility index (Phi) is 4.57. The lowest BCUT2D eigenvalue weighted by Gasteiger charge is -2.38. The topological polar surface area (TPSA) is 92.5 Å². The molecule has 6 rings (SSSR count). The summed E-state index contributed by atoms with van der Waals surface area (Å²) in [6.45, 7) is 1.16. The van der Waals surface area contributed by atoms with Gasteiger partial charge in [-0.2, -0.15) is 0 Å². The quantitative estimate of drug-likeness (QED) is 0.554. The number of carbonyl (C=O) groups excluding carboxylic acids is 1. The van der Waals surface area contributed by atoms with Gasteiger partial charge in [-0.3, -0.25) is 0 Å². The molecule has 2 aromatic carbocycles. The van der Waals surface area contributed by atoms with Crippen LogP contribution in [0.15, 0.2) is 30.3 Å². The average Bonchev–Trinajstić information content (AvgIpc) is 3.51. The van der Waals surface area contributed by atoms with Crippen molar-refractivity contribution in [2.45, 2.75) is 43.3 Å². The van der Waals surface area contributed by atoms with Crippen molar-refractivity contribution in [3.05, 3.63) is 63.6 Å². The van der Waals surface area contributed by atoms with Gasteiger partial charge in [-0.05, 0) is 54.7 Å². The molecule has 2 heterocycles. The van der Waals surface area contributed by atoms with Crippen LogP contribution < -0.4 is 16.2 Å². The maximum atomic E-state index is 14.4. The molecular weight excluding hydrogens is 445 g/mol. The van der Waals surface area contributed by atoms with Crippen LogP contribution in [0.1, 0.15) is 58.4 Å². The van der Waals surface area contributed by atoms with Crippen LogP contribution in [0.2, 0.25) is 5.02 Å². The molecule has 6 nitrogen and oxygen atoms in total. The number of benzene rings is 2. The molecule has 33 heavy (non-hydrogen) atoms. The summed E-state index contributed by atoms with van der Waals surface area (Å²) < 4.78 is 27.4. The Labute approximate surface area is 195 Å². The molecule has 3 atom stereocenters. The fourth-order valence-corrected chi connectivity index (χ4v) is 6.06. The number of nitrogens with two attached hydrogens (primary N) is 2. The summed E-state index contributed by atoms with van der Waals surface area (Å²) in [6.07, 6.45) is 2.85. The fourth-order valence-electron chi connectivity index (χ4n) is 5.79. The van der Waals surface area contributed by atoms with E-state index in [2.05, 4.69) is 4.57 Å². The van der Waals surface area contributed by atoms with Gasteiger partial charge in [0.15, 0.2) is 0 Å². The van der Waals surface area contributed by atoms with Gasteiger partial charge in [0.05, 0.1) is 30.3 Å². The van der Waals surface area contributed by atoms with E-state index in [9.17, 15) is 9.18 Å². The summed E-state index contributed by atoms with van der Waals surface area (Å²) in [7, 11) is 1.34. The fraction of sp³-hybridized carbons (Fsp3) is 0.400. The molecule has 8 heteroatoms. The molecule has 2 aliphatic carbocycles.